The summed E-state index contributed by atoms with van der Waals surface area (Å²) in [7, 11) is 0. The highest BCUT2D eigenvalue weighted by Crippen LogP contribution is 2.63. The number of rotatable bonds is 0. The first-order chi connectivity index (χ1) is 9.62. The van der Waals surface area contributed by atoms with Crippen LogP contribution in [-0.2, 0) is 0 Å². The molecule has 4 heteroatoms. The highest BCUT2D eigenvalue weighted by molar-refractivity contribution is 5.45. The third kappa shape index (κ3) is 1.90. The van der Waals surface area contributed by atoms with Crippen LogP contribution >= 0.6 is 0 Å². The lowest BCUT2D eigenvalue weighted by atomic mass is 9.65. The average molecular weight is 312 g/mol. The molecule has 2 aliphatic carbocycles. The average Bonchev–Trinajstić information content (AvgIpc) is 2.55. The molecule has 2 rings (SSSR count). The van der Waals surface area contributed by atoms with Crippen molar-refractivity contribution in [3.8, 4) is 0 Å². The van der Waals surface area contributed by atoms with Gasteiger partial charge in [0.25, 0.3) is 0 Å². The first-order valence-electron chi connectivity index (χ1n) is 8.10. The van der Waals surface area contributed by atoms with Crippen molar-refractivity contribution in [2.45, 2.75) is 79.8 Å². The Labute approximate surface area is 133 Å². The van der Waals surface area contributed by atoms with Gasteiger partial charge in [0.2, 0.25) is 0 Å². The van der Waals surface area contributed by atoms with E-state index in [0.717, 1.165) is 11.1 Å². The Hall–Kier alpha value is -0.420. The lowest BCUT2D eigenvalue weighted by Crippen LogP contribution is -2.34. The van der Waals surface area contributed by atoms with Gasteiger partial charge in [-0.3, -0.25) is 0 Å². The second-order valence-electron chi connectivity index (χ2n) is 9.42. The van der Waals surface area contributed by atoms with Crippen LogP contribution in [0.4, 0.5) is 0 Å². The molecule has 0 bridgehead atoms. The van der Waals surface area contributed by atoms with Crippen molar-refractivity contribution in [1.82, 2.24) is 0 Å². The van der Waals surface area contributed by atoms with Crippen LogP contribution in [0.3, 0.4) is 0 Å². The minimum atomic E-state index is -0.869. The molecule has 2 aliphatic rings. The molecule has 4 nitrogen and oxygen atoms in total. The fraction of sp³-hybridized carbons (Fsp3) is 0.889. The van der Waals surface area contributed by atoms with Gasteiger partial charge in [-0.1, -0.05) is 66.5 Å². The summed E-state index contributed by atoms with van der Waals surface area (Å²) in [6.07, 6.45) is -3.48. The number of hydrogen-bond acceptors (Lipinski definition) is 4. The van der Waals surface area contributed by atoms with E-state index in [9.17, 15) is 20.4 Å². The maximum Gasteiger partial charge on any atom is 0.0895 e. The maximum absolute atomic E-state index is 10.6. The molecule has 0 aliphatic heterocycles. The van der Waals surface area contributed by atoms with Crippen molar-refractivity contribution in [3.63, 3.8) is 0 Å². The monoisotopic (exact) mass is 312 g/mol. The van der Waals surface area contributed by atoms with Crippen molar-refractivity contribution in [2.24, 2.45) is 21.7 Å². The van der Waals surface area contributed by atoms with Crippen LogP contribution in [0, 0.1) is 21.7 Å². The summed E-state index contributed by atoms with van der Waals surface area (Å²) in [4.78, 5) is 0. The summed E-state index contributed by atoms with van der Waals surface area (Å²) >= 11 is 0. The zero-order valence-electron chi connectivity index (χ0n) is 15.1. The van der Waals surface area contributed by atoms with E-state index in [0.29, 0.717) is 0 Å². The molecule has 0 spiro atoms. The van der Waals surface area contributed by atoms with Crippen LogP contribution in [0.25, 0.3) is 0 Å². The molecule has 4 N–H and O–H groups in total. The van der Waals surface area contributed by atoms with Crippen LogP contribution < -0.4 is 0 Å². The molecule has 22 heavy (non-hydrogen) atoms. The number of aliphatic hydroxyl groups excluding tert-OH is 4. The standard InChI is InChI=1S/C18H32O4/c1-15(2)9(16(3,4)12(20)11(15)19)10-17(5,6)13(21)14(22)18(10,7)8/h11-14,19-22H,1-8H3. The second-order valence-corrected chi connectivity index (χ2v) is 9.42. The van der Waals surface area contributed by atoms with Gasteiger partial charge in [-0.2, -0.15) is 0 Å². The Morgan fingerprint density at radius 3 is 0.727 bits per heavy atom. The molecule has 2 fully saturated rings. The number of hydrogen-bond donors (Lipinski definition) is 4. The van der Waals surface area contributed by atoms with Gasteiger partial charge in [-0.25, -0.2) is 0 Å². The van der Waals surface area contributed by atoms with E-state index in [4.69, 9.17) is 0 Å². The van der Waals surface area contributed by atoms with Crippen molar-refractivity contribution in [1.29, 1.82) is 0 Å². The lowest BCUT2D eigenvalue weighted by molar-refractivity contribution is -0.0320. The summed E-state index contributed by atoms with van der Waals surface area (Å²) in [5.74, 6) is 0. The van der Waals surface area contributed by atoms with Crippen molar-refractivity contribution >= 4 is 0 Å². The molecule has 0 aromatic heterocycles. The van der Waals surface area contributed by atoms with Crippen molar-refractivity contribution in [2.75, 3.05) is 0 Å². The van der Waals surface area contributed by atoms with E-state index in [1.165, 1.54) is 0 Å². The van der Waals surface area contributed by atoms with Gasteiger partial charge in [0.15, 0.2) is 0 Å². The van der Waals surface area contributed by atoms with E-state index in [-0.39, 0.29) is 0 Å². The van der Waals surface area contributed by atoms with Crippen LogP contribution in [0.1, 0.15) is 55.4 Å². The summed E-state index contributed by atoms with van der Waals surface area (Å²) in [5, 5.41) is 42.2. The molecular weight excluding hydrogens is 280 g/mol. The molecule has 2 saturated carbocycles. The third-order valence-electron chi connectivity index (χ3n) is 6.38. The van der Waals surface area contributed by atoms with E-state index in [2.05, 4.69) is 0 Å². The Morgan fingerprint density at radius 2 is 0.591 bits per heavy atom. The molecule has 0 aromatic carbocycles. The fourth-order valence-corrected chi connectivity index (χ4v) is 5.12. The van der Waals surface area contributed by atoms with Gasteiger partial charge in [0.05, 0.1) is 24.4 Å². The third-order valence-corrected chi connectivity index (χ3v) is 6.38. The molecule has 0 aromatic rings. The zero-order valence-corrected chi connectivity index (χ0v) is 15.1. The Bertz CT molecular complexity index is 423. The second kappa shape index (κ2) is 4.56. The van der Waals surface area contributed by atoms with Gasteiger partial charge in [-0.15, -0.1) is 0 Å². The molecule has 0 radical (unpaired) electrons. The molecule has 4 atom stereocenters. The Morgan fingerprint density at radius 1 is 0.455 bits per heavy atom. The fourth-order valence-electron chi connectivity index (χ4n) is 5.12. The predicted octanol–water partition coefficient (Wildman–Crippen LogP) is 1.86. The minimum absolute atomic E-state index is 0.615. The van der Waals surface area contributed by atoms with Crippen molar-refractivity contribution < 1.29 is 20.4 Å². The van der Waals surface area contributed by atoms with Gasteiger partial charge in [0, 0.05) is 21.7 Å². The van der Waals surface area contributed by atoms with Crippen LogP contribution in [0.15, 0.2) is 11.1 Å². The topological polar surface area (TPSA) is 80.9 Å². The highest BCUT2D eigenvalue weighted by Gasteiger charge is 2.63. The highest BCUT2D eigenvalue weighted by atomic mass is 16.3. The minimum Gasteiger partial charge on any atom is -0.389 e. The summed E-state index contributed by atoms with van der Waals surface area (Å²) in [6, 6.07) is 0. The maximum atomic E-state index is 10.6. The summed E-state index contributed by atoms with van der Waals surface area (Å²) in [5.41, 5.74) is -0.531. The zero-order chi connectivity index (χ0) is 17.5. The van der Waals surface area contributed by atoms with Crippen LogP contribution in [0.2, 0.25) is 0 Å². The first kappa shape index (κ1) is 17.9. The normalized spacial score (nSPS) is 42.0. The molecule has 4 unspecified atom stereocenters. The SMILES string of the molecule is CC1(C)C(=C2C(C)(C)C(O)C(O)C2(C)C)C(C)(C)C(O)C1O. The molecule has 128 valence electrons. The molecule has 0 heterocycles. The Kier molecular flexibility index (Phi) is 3.72. The quantitative estimate of drug-likeness (QED) is 0.515. The summed E-state index contributed by atoms with van der Waals surface area (Å²) < 4.78 is 0. The summed E-state index contributed by atoms with van der Waals surface area (Å²) in [6.45, 7) is 15.5. The van der Waals surface area contributed by atoms with E-state index < -0.39 is 46.1 Å². The Balaban J connectivity index is 2.87. The van der Waals surface area contributed by atoms with E-state index in [1.807, 2.05) is 55.4 Å². The smallest absolute Gasteiger partial charge is 0.0895 e. The van der Waals surface area contributed by atoms with E-state index >= 15 is 0 Å². The van der Waals surface area contributed by atoms with Gasteiger partial charge < -0.3 is 20.4 Å². The molecule has 0 amide bonds. The predicted molar refractivity (Wildman–Crippen MR) is 86.2 cm³/mol. The molecular formula is C18H32O4. The van der Waals surface area contributed by atoms with Crippen LogP contribution in [0.5, 0.6) is 0 Å². The first-order valence-corrected chi connectivity index (χ1v) is 8.10. The number of aliphatic hydroxyl groups is 4. The van der Waals surface area contributed by atoms with Crippen LogP contribution in [-0.4, -0.2) is 44.8 Å². The van der Waals surface area contributed by atoms with Gasteiger partial charge >= 0.3 is 0 Å². The van der Waals surface area contributed by atoms with Gasteiger partial charge in [0.1, 0.15) is 0 Å². The van der Waals surface area contributed by atoms with Gasteiger partial charge in [-0.05, 0) is 0 Å². The van der Waals surface area contributed by atoms with Crippen molar-refractivity contribution in [3.05, 3.63) is 11.1 Å². The van der Waals surface area contributed by atoms with E-state index in [1.54, 1.807) is 0 Å². The largest absolute Gasteiger partial charge is 0.389 e. The lowest BCUT2D eigenvalue weighted by Gasteiger charge is -2.39. The molecule has 0 saturated heterocycles.